The van der Waals surface area contributed by atoms with E-state index in [1.54, 1.807) is 0 Å². The molecule has 3 heteroatoms. The lowest BCUT2D eigenvalue weighted by Gasteiger charge is -2.27. The van der Waals surface area contributed by atoms with Gasteiger partial charge in [0.05, 0.1) is 6.10 Å². The lowest BCUT2D eigenvalue weighted by atomic mass is 10.1. The number of amides is 1. The summed E-state index contributed by atoms with van der Waals surface area (Å²) in [5, 5.41) is 0. The van der Waals surface area contributed by atoms with Gasteiger partial charge in [-0.25, -0.2) is 0 Å². The Balaban J connectivity index is 1.96. The summed E-state index contributed by atoms with van der Waals surface area (Å²) in [5.74, 6) is 0.191. The number of anilines is 1. The third-order valence-corrected chi connectivity index (χ3v) is 3.52. The van der Waals surface area contributed by atoms with Crippen molar-refractivity contribution in [3.05, 3.63) is 30.3 Å². The maximum absolute atomic E-state index is 12.4. The molecule has 1 aliphatic rings. The number of para-hydroxylation sites is 1. The van der Waals surface area contributed by atoms with Crippen molar-refractivity contribution in [1.29, 1.82) is 0 Å². The van der Waals surface area contributed by atoms with E-state index >= 15 is 0 Å². The third kappa shape index (κ3) is 3.80. The molecule has 1 fully saturated rings. The van der Waals surface area contributed by atoms with Crippen LogP contribution in [0.2, 0.25) is 0 Å². The Morgan fingerprint density at radius 2 is 2.11 bits per heavy atom. The first-order chi connectivity index (χ1) is 9.18. The van der Waals surface area contributed by atoms with E-state index < -0.39 is 0 Å². The molecule has 1 aromatic rings. The van der Waals surface area contributed by atoms with E-state index in [1.807, 2.05) is 35.2 Å². The van der Waals surface area contributed by atoms with Crippen LogP contribution in [-0.4, -0.2) is 24.7 Å². The van der Waals surface area contributed by atoms with Crippen LogP contribution >= 0.6 is 0 Å². The zero-order valence-electron chi connectivity index (χ0n) is 11.8. The minimum Gasteiger partial charge on any atom is -0.378 e. The summed E-state index contributed by atoms with van der Waals surface area (Å²) < 4.78 is 5.58. The molecule has 0 aliphatic carbocycles. The second kappa shape index (κ2) is 6.71. The van der Waals surface area contributed by atoms with Crippen LogP contribution in [0.5, 0.6) is 0 Å². The summed E-state index contributed by atoms with van der Waals surface area (Å²) in [4.78, 5) is 14.3. The Hall–Kier alpha value is -1.35. The summed E-state index contributed by atoms with van der Waals surface area (Å²) in [6.45, 7) is 4.96. The van der Waals surface area contributed by atoms with E-state index in [0.717, 1.165) is 31.6 Å². The van der Waals surface area contributed by atoms with Crippen molar-refractivity contribution in [3.8, 4) is 0 Å². The fourth-order valence-corrected chi connectivity index (χ4v) is 2.60. The third-order valence-electron chi connectivity index (χ3n) is 3.52. The number of nitrogens with zero attached hydrogens (tertiary/aromatic N) is 1. The van der Waals surface area contributed by atoms with Crippen molar-refractivity contribution in [3.63, 3.8) is 0 Å². The monoisotopic (exact) mass is 261 g/mol. The summed E-state index contributed by atoms with van der Waals surface area (Å²) in [5.41, 5.74) is 0.981. The topological polar surface area (TPSA) is 29.5 Å². The maximum atomic E-state index is 12.4. The summed E-state index contributed by atoms with van der Waals surface area (Å²) in [7, 11) is 0. The van der Waals surface area contributed by atoms with E-state index in [-0.39, 0.29) is 18.1 Å². The van der Waals surface area contributed by atoms with Gasteiger partial charge in [0, 0.05) is 24.8 Å². The molecule has 104 valence electrons. The van der Waals surface area contributed by atoms with Crippen LogP contribution in [0.1, 0.15) is 39.5 Å². The zero-order valence-corrected chi connectivity index (χ0v) is 11.8. The minimum atomic E-state index is 0.180. The largest absolute Gasteiger partial charge is 0.378 e. The van der Waals surface area contributed by atoms with Gasteiger partial charge in [0.2, 0.25) is 5.91 Å². The molecule has 19 heavy (non-hydrogen) atoms. The van der Waals surface area contributed by atoms with E-state index in [2.05, 4.69) is 13.8 Å². The van der Waals surface area contributed by atoms with Crippen LogP contribution < -0.4 is 4.90 Å². The Morgan fingerprint density at radius 1 is 1.37 bits per heavy atom. The predicted molar refractivity (Wildman–Crippen MR) is 77.3 cm³/mol. The predicted octanol–water partition coefficient (Wildman–Crippen LogP) is 3.39. The van der Waals surface area contributed by atoms with Gasteiger partial charge in [0.25, 0.3) is 0 Å². The van der Waals surface area contributed by atoms with Crippen LogP contribution in [0.25, 0.3) is 0 Å². The van der Waals surface area contributed by atoms with Crippen molar-refractivity contribution in [2.75, 3.05) is 11.5 Å². The van der Waals surface area contributed by atoms with Crippen LogP contribution in [0.4, 0.5) is 5.69 Å². The zero-order chi connectivity index (χ0) is 13.7. The molecule has 1 heterocycles. The van der Waals surface area contributed by atoms with Crippen molar-refractivity contribution in [1.82, 2.24) is 0 Å². The Bertz CT molecular complexity index is 396. The van der Waals surface area contributed by atoms with Gasteiger partial charge >= 0.3 is 0 Å². The molecule has 0 aromatic heterocycles. The van der Waals surface area contributed by atoms with E-state index in [1.165, 1.54) is 0 Å². The molecule has 0 radical (unpaired) electrons. The first-order valence-electron chi connectivity index (χ1n) is 7.17. The minimum absolute atomic E-state index is 0.180. The summed E-state index contributed by atoms with van der Waals surface area (Å²) >= 11 is 0. The molecule has 2 rings (SSSR count). The number of benzene rings is 1. The first-order valence-corrected chi connectivity index (χ1v) is 7.17. The smallest absolute Gasteiger partial charge is 0.227 e. The van der Waals surface area contributed by atoms with Crippen LogP contribution in [0.3, 0.4) is 0 Å². The maximum Gasteiger partial charge on any atom is 0.227 e. The first kappa shape index (κ1) is 14.1. The van der Waals surface area contributed by atoms with Gasteiger partial charge in [-0.15, -0.1) is 0 Å². The molecule has 0 bridgehead atoms. The van der Waals surface area contributed by atoms with Crippen LogP contribution in [0, 0.1) is 0 Å². The molecule has 1 unspecified atom stereocenters. The molecule has 1 amide bonds. The number of rotatable bonds is 5. The van der Waals surface area contributed by atoms with Crippen molar-refractivity contribution in [2.45, 2.75) is 51.7 Å². The standard InChI is InChI=1S/C16H23NO2/c1-13(2)17(14-7-4-3-5-8-14)16(18)11-10-15-9-6-12-19-15/h3-5,7-8,13,15H,6,9-12H2,1-2H3. The number of ether oxygens (including phenoxy) is 1. The normalized spacial score (nSPS) is 18.8. The van der Waals surface area contributed by atoms with Crippen molar-refractivity contribution >= 4 is 11.6 Å². The van der Waals surface area contributed by atoms with E-state index in [0.29, 0.717) is 6.42 Å². The average molecular weight is 261 g/mol. The van der Waals surface area contributed by atoms with Gasteiger partial charge in [0.1, 0.15) is 0 Å². The molecule has 0 saturated carbocycles. The average Bonchev–Trinajstić information content (AvgIpc) is 2.90. The van der Waals surface area contributed by atoms with Gasteiger partial charge in [-0.05, 0) is 45.2 Å². The fraction of sp³-hybridized carbons (Fsp3) is 0.562. The molecule has 1 aliphatic heterocycles. The quantitative estimate of drug-likeness (QED) is 0.813. The Kier molecular flexibility index (Phi) is 4.97. The van der Waals surface area contributed by atoms with Gasteiger partial charge in [-0.2, -0.15) is 0 Å². The molecule has 0 N–H and O–H groups in total. The number of hydrogen-bond donors (Lipinski definition) is 0. The summed E-state index contributed by atoms with van der Waals surface area (Å²) in [6, 6.07) is 10.1. The van der Waals surface area contributed by atoms with Gasteiger partial charge in [-0.3, -0.25) is 4.79 Å². The van der Waals surface area contributed by atoms with E-state index in [4.69, 9.17) is 4.74 Å². The Labute approximate surface area is 115 Å². The fourth-order valence-electron chi connectivity index (χ4n) is 2.60. The lowest BCUT2D eigenvalue weighted by molar-refractivity contribution is -0.119. The molecule has 1 aromatic carbocycles. The molecular formula is C16H23NO2. The summed E-state index contributed by atoms with van der Waals surface area (Å²) in [6.07, 6.45) is 3.92. The highest BCUT2D eigenvalue weighted by Gasteiger charge is 2.22. The lowest BCUT2D eigenvalue weighted by Crippen LogP contribution is -2.37. The SMILES string of the molecule is CC(C)N(C(=O)CCC1CCCO1)c1ccccc1. The second-order valence-corrected chi connectivity index (χ2v) is 5.37. The van der Waals surface area contributed by atoms with Crippen molar-refractivity contribution in [2.24, 2.45) is 0 Å². The second-order valence-electron chi connectivity index (χ2n) is 5.37. The molecular weight excluding hydrogens is 238 g/mol. The highest BCUT2D eigenvalue weighted by atomic mass is 16.5. The molecule has 1 saturated heterocycles. The number of hydrogen-bond acceptors (Lipinski definition) is 2. The molecule has 1 atom stereocenters. The van der Waals surface area contributed by atoms with Crippen LogP contribution in [0.15, 0.2) is 30.3 Å². The number of carbonyl (C=O) groups excluding carboxylic acids is 1. The molecule has 0 spiro atoms. The van der Waals surface area contributed by atoms with Gasteiger partial charge in [-0.1, -0.05) is 18.2 Å². The Morgan fingerprint density at radius 3 is 2.68 bits per heavy atom. The highest BCUT2D eigenvalue weighted by Crippen LogP contribution is 2.21. The van der Waals surface area contributed by atoms with Gasteiger partial charge in [0.15, 0.2) is 0 Å². The number of carbonyl (C=O) groups is 1. The highest BCUT2D eigenvalue weighted by molar-refractivity contribution is 5.93. The van der Waals surface area contributed by atoms with Crippen LogP contribution in [-0.2, 0) is 9.53 Å². The van der Waals surface area contributed by atoms with E-state index in [9.17, 15) is 4.79 Å². The molecule has 3 nitrogen and oxygen atoms in total. The van der Waals surface area contributed by atoms with Crippen molar-refractivity contribution < 1.29 is 9.53 Å². The van der Waals surface area contributed by atoms with Gasteiger partial charge < -0.3 is 9.64 Å².